The number of hydrogen-bond acceptors (Lipinski definition) is 3. The van der Waals surface area contributed by atoms with E-state index in [9.17, 15) is 4.79 Å². The summed E-state index contributed by atoms with van der Waals surface area (Å²) in [5.74, 6) is 0.868. The molecule has 1 aromatic rings. The van der Waals surface area contributed by atoms with Crippen LogP contribution in [0.5, 0.6) is 0 Å². The third-order valence-electron chi connectivity index (χ3n) is 3.17. The van der Waals surface area contributed by atoms with Crippen LogP contribution in [0.3, 0.4) is 0 Å². The molecule has 1 aliphatic rings. The van der Waals surface area contributed by atoms with E-state index in [2.05, 4.69) is 9.97 Å². The molecule has 0 unspecified atom stereocenters. The number of halogens is 1. The van der Waals surface area contributed by atoms with Crippen molar-refractivity contribution in [2.75, 3.05) is 7.11 Å². The van der Waals surface area contributed by atoms with Gasteiger partial charge in [0.1, 0.15) is 11.4 Å². The predicted molar refractivity (Wildman–Crippen MR) is 61.6 cm³/mol. The van der Waals surface area contributed by atoms with Gasteiger partial charge in [0.2, 0.25) is 0 Å². The van der Waals surface area contributed by atoms with Gasteiger partial charge < -0.3 is 9.72 Å². The highest BCUT2D eigenvalue weighted by Gasteiger charge is 2.38. The van der Waals surface area contributed by atoms with Crippen molar-refractivity contribution >= 4 is 11.6 Å². The van der Waals surface area contributed by atoms with Gasteiger partial charge in [-0.05, 0) is 25.7 Å². The molecule has 0 amide bonds. The van der Waals surface area contributed by atoms with Crippen molar-refractivity contribution in [2.45, 2.75) is 37.2 Å². The number of H-pyrrole nitrogens is 1. The average molecular weight is 243 g/mol. The maximum Gasteiger partial charge on any atom is 0.251 e. The topological polar surface area (TPSA) is 55.0 Å². The first kappa shape index (κ1) is 11.6. The molecule has 1 saturated carbocycles. The van der Waals surface area contributed by atoms with Gasteiger partial charge in [-0.3, -0.25) is 4.79 Å². The highest BCUT2D eigenvalue weighted by molar-refractivity contribution is 6.16. The maximum atomic E-state index is 11.5. The van der Waals surface area contributed by atoms with Crippen LogP contribution >= 0.6 is 11.6 Å². The van der Waals surface area contributed by atoms with E-state index in [1.807, 2.05) is 0 Å². The van der Waals surface area contributed by atoms with E-state index in [1.165, 1.54) is 6.07 Å². The first-order valence-corrected chi connectivity index (χ1v) is 5.95. The van der Waals surface area contributed by atoms with Crippen molar-refractivity contribution in [2.24, 2.45) is 0 Å². The van der Waals surface area contributed by atoms with Crippen molar-refractivity contribution in [3.63, 3.8) is 0 Å². The van der Waals surface area contributed by atoms with Gasteiger partial charge in [-0.25, -0.2) is 4.98 Å². The van der Waals surface area contributed by atoms with Gasteiger partial charge in [-0.15, -0.1) is 11.6 Å². The molecule has 0 saturated heterocycles. The van der Waals surface area contributed by atoms with Crippen molar-refractivity contribution in [1.29, 1.82) is 0 Å². The molecular weight excluding hydrogens is 228 g/mol. The lowest BCUT2D eigenvalue weighted by atomic mass is 10.0. The summed E-state index contributed by atoms with van der Waals surface area (Å²) in [7, 11) is 1.67. The van der Waals surface area contributed by atoms with Crippen molar-refractivity contribution < 1.29 is 4.74 Å². The van der Waals surface area contributed by atoms with E-state index in [-0.39, 0.29) is 11.4 Å². The molecule has 2 rings (SSSR count). The Morgan fingerprint density at radius 1 is 1.56 bits per heavy atom. The summed E-state index contributed by atoms with van der Waals surface area (Å²) in [5.41, 5.74) is 0.0223. The fraction of sp³-hybridized carbons (Fsp3) is 0.636. The first-order chi connectivity index (χ1) is 7.70. The fourth-order valence-corrected chi connectivity index (χ4v) is 2.41. The zero-order chi connectivity index (χ0) is 11.6. The molecule has 1 fully saturated rings. The fourth-order valence-electron chi connectivity index (χ4n) is 2.28. The zero-order valence-corrected chi connectivity index (χ0v) is 10.0. The Bertz CT molecular complexity index is 424. The van der Waals surface area contributed by atoms with E-state index < -0.39 is 5.60 Å². The van der Waals surface area contributed by atoms with Crippen LogP contribution in [0.2, 0.25) is 0 Å². The minimum Gasteiger partial charge on any atom is -0.370 e. The summed E-state index contributed by atoms with van der Waals surface area (Å²) < 4.78 is 5.56. The van der Waals surface area contributed by atoms with Crippen LogP contribution in [0, 0.1) is 0 Å². The number of alkyl halides is 1. The lowest BCUT2D eigenvalue weighted by Gasteiger charge is -2.26. The lowest BCUT2D eigenvalue weighted by molar-refractivity contribution is -0.0166. The standard InChI is InChI=1S/C11H15ClN2O2/c1-16-11(4-2-3-5-11)10-13-8(7-12)6-9(15)14-10/h6H,2-5,7H2,1H3,(H,13,14,15). The van der Waals surface area contributed by atoms with Gasteiger partial charge in [-0.2, -0.15) is 0 Å². The van der Waals surface area contributed by atoms with E-state index in [1.54, 1.807) is 7.11 Å². The normalized spacial score (nSPS) is 18.9. The largest absolute Gasteiger partial charge is 0.370 e. The number of rotatable bonds is 3. The molecule has 0 radical (unpaired) electrons. The van der Waals surface area contributed by atoms with Gasteiger partial charge in [0, 0.05) is 13.2 Å². The van der Waals surface area contributed by atoms with Crippen LogP contribution in [0.4, 0.5) is 0 Å². The Balaban J connectivity index is 2.45. The van der Waals surface area contributed by atoms with Crippen LogP contribution in [0.15, 0.2) is 10.9 Å². The molecule has 1 heterocycles. The Hall–Kier alpha value is -0.870. The molecule has 0 aromatic carbocycles. The average Bonchev–Trinajstić information content (AvgIpc) is 2.78. The lowest BCUT2D eigenvalue weighted by Crippen LogP contribution is -2.30. The maximum absolute atomic E-state index is 11.5. The number of aromatic amines is 1. The van der Waals surface area contributed by atoms with Gasteiger partial charge in [-0.1, -0.05) is 0 Å². The van der Waals surface area contributed by atoms with E-state index in [0.717, 1.165) is 25.7 Å². The minimum atomic E-state index is -0.415. The first-order valence-electron chi connectivity index (χ1n) is 5.42. The number of nitrogens with zero attached hydrogens (tertiary/aromatic N) is 1. The molecule has 88 valence electrons. The minimum absolute atomic E-state index is 0.163. The number of ether oxygens (including phenoxy) is 1. The molecule has 0 atom stereocenters. The third kappa shape index (κ3) is 1.99. The smallest absolute Gasteiger partial charge is 0.251 e. The Labute approximate surface area is 99.0 Å². The van der Waals surface area contributed by atoms with Crippen LogP contribution in [-0.4, -0.2) is 17.1 Å². The number of nitrogens with one attached hydrogen (secondary N) is 1. The molecule has 0 spiro atoms. The number of hydrogen-bond donors (Lipinski definition) is 1. The Morgan fingerprint density at radius 3 is 2.81 bits per heavy atom. The predicted octanol–water partition coefficient (Wildman–Crippen LogP) is 1.92. The van der Waals surface area contributed by atoms with E-state index in [4.69, 9.17) is 16.3 Å². The van der Waals surface area contributed by atoms with Gasteiger partial charge in [0.05, 0.1) is 11.6 Å². The van der Waals surface area contributed by atoms with Crippen molar-refractivity contribution in [3.8, 4) is 0 Å². The molecule has 4 nitrogen and oxygen atoms in total. The highest BCUT2D eigenvalue weighted by atomic mass is 35.5. The van der Waals surface area contributed by atoms with Crippen LogP contribution in [0.1, 0.15) is 37.2 Å². The van der Waals surface area contributed by atoms with Crippen LogP contribution in [0.25, 0.3) is 0 Å². The zero-order valence-electron chi connectivity index (χ0n) is 9.25. The summed E-state index contributed by atoms with van der Waals surface area (Å²) in [6, 6.07) is 1.43. The summed E-state index contributed by atoms with van der Waals surface area (Å²) in [4.78, 5) is 18.6. The molecule has 16 heavy (non-hydrogen) atoms. The van der Waals surface area contributed by atoms with E-state index in [0.29, 0.717) is 11.5 Å². The van der Waals surface area contributed by atoms with Crippen molar-refractivity contribution in [1.82, 2.24) is 9.97 Å². The molecule has 0 aliphatic heterocycles. The molecule has 1 aliphatic carbocycles. The van der Waals surface area contributed by atoms with E-state index >= 15 is 0 Å². The Morgan fingerprint density at radius 2 is 2.25 bits per heavy atom. The highest BCUT2D eigenvalue weighted by Crippen LogP contribution is 2.39. The second kappa shape index (κ2) is 4.55. The third-order valence-corrected chi connectivity index (χ3v) is 3.44. The van der Waals surface area contributed by atoms with Crippen LogP contribution in [-0.2, 0) is 16.2 Å². The SMILES string of the molecule is COC1(c2nc(CCl)cc(=O)[nH]2)CCCC1. The quantitative estimate of drug-likeness (QED) is 0.824. The monoisotopic (exact) mass is 242 g/mol. The van der Waals surface area contributed by atoms with Gasteiger partial charge in [0.25, 0.3) is 5.56 Å². The second-order valence-corrected chi connectivity index (χ2v) is 4.39. The number of methoxy groups -OCH3 is 1. The molecule has 5 heteroatoms. The molecule has 1 aromatic heterocycles. The molecule has 1 N–H and O–H groups in total. The van der Waals surface area contributed by atoms with Gasteiger partial charge >= 0.3 is 0 Å². The summed E-state index contributed by atoms with van der Waals surface area (Å²) in [6.45, 7) is 0. The van der Waals surface area contributed by atoms with Crippen LogP contribution < -0.4 is 5.56 Å². The number of aromatic nitrogens is 2. The van der Waals surface area contributed by atoms with Crippen molar-refractivity contribution in [3.05, 3.63) is 27.9 Å². The summed E-state index contributed by atoms with van der Waals surface area (Å²) in [5, 5.41) is 0. The molecular formula is C11H15ClN2O2. The second-order valence-electron chi connectivity index (χ2n) is 4.12. The summed E-state index contributed by atoms with van der Waals surface area (Å²) in [6.07, 6.45) is 4.00. The van der Waals surface area contributed by atoms with Gasteiger partial charge in [0.15, 0.2) is 0 Å². The molecule has 0 bridgehead atoms. The summed E-state index contributed by atoms with van der Waals surface area (Å²) >= 11 is 5.71. The Kier molecular flexibility index (Phi) is 3.30.